The monoisotopic (exact) mass is 317 g/mol. The van der Waals surface area contributed by atoms with Crippen molar-refractivity contribution in [3.05, 3.63) is 48.2 Å². The van der Waals surface area contributed by atoms with E-state index in [0.29, 0.717) is 19.1 Å². The van der Waals surface area contributed by atoms with E-state index >= 15 is 0 Å². The van der Waals surface area contributed by atoms with Crippen LogP contribution >= 0.6 is 0 Å². The lowest BCUT2D eigenvalue weighted by molar-refractivity contribution is 0.107. The molecule has 2 atom stereocenters. The molecule has 0 aromatic heterocycles. The number of rotatable bonds is 9. The van der Waals surface area contributed by atoms with Gasteiger partial charge in [0.15, 0.2) is 0 Å². The number of nitrogens with one attached hydrogen (secondary N) is 3. The average Bonchev–Trinajstić information content (AvgIpc) is 2.53. The maximum atomic E-state index is 9.95. The van der Waals surface area contributed by atoms with Crippen molar-refractivity contribution in [3.8, 4) is 5.75 Å². The van der Waals surface area contributed by atoms with E-state index < -0.39 is 6.10 Å². The summed E-state index contributed by atoms with van der Waals surface area (Å²) < 4.78 is 5.83. The number of hydrogen-bond acceptors (Lipinski definition) is 5. The summed E-state index contributed by atoms with van der Waals surface area (Å²) in [7, 11) is 0. The normalized spacial score (nSPS) is 17.5. The van der Waals surface area contributed by atoms with E-state index in [1.807, 2.05) is 24.4 Å². The third-order valence-electron chi connectivity index (χ3n) is 3.52. The van der Waals surface area contributed by atoms with Gasteiger partial charge in [-0.05, 0) is 37.8 Å². The zero-order valence-corrected chi connectivity index (χ0v) is 13.9. The summed E-state index contributed by atoms with van der Waals surface area (Å²) >= 11 is 0. The molecule has 0 spiro atoms. The van der Waals surface area contributed by atoms with Crippen LogP contribution in [0.3, 0.4) is 0 Å². The lowest BCUT2D eigenvalue weighted by Gasteiger charge is -2.28. The highest BCUT2D eigenvalue weighted by Gasteiger charge is 2.20. The summed E-state index contributed by atoms with van der Waals surface area (Å²) in [4.78, 5) is 0. The Morgan fingerprint density at radius 3 is 3.00 bits per heavy atom. The van der Waals surface area contributed by atoms with Crippen LogP contribution in [0.4, 0.5) is 0 Å². The molecule has 2 unspecified atom stereocenters. The molecule has 1 aliphatic heterocycles. The maximum Gasteiger partial charge on any atom is 0.127 e. The highest BCUT2D eigenvalue weighted by molar-refractivity contribution is 5.63. The molecule has 0 saturated heterocycles. The van der Waals surface area contributed by atoms with Crippen LogP contribution in [-0.2, 0) is 0 Å². The quantitative estimate of drug-likeness (QED) is 0.413. The van der Waals surface area contributed by atoms with Crippen molar-refractivity contribution >= 4 is 6.08 Å². The van der Waals surface area contributed by atoms with Crippen molar-refractivity contribution in [2.45, 2.75) is 32.2 Å². The van der Waals surface area contributed by atoms with Gasteiger partial charge in [-0.1, -0.05) is 18.2 Å². The summed E-state index contributed by atoms with van der Waals surface area (Å²) in [5.41, 5.74) is 2.20. The number of aliphatic hydroxyl groups is 1. The molecular formula is C18H27N3O2. The average molecular weight is 317 g/mol. The molecule has 0 fully saturated rings. The van der Waals surface area contributed by atoms with E-state index in [2.05, 4.69) is 42.4 Å². The fourth-order valence-electron chi connectivity index (χ4n) is 2.50. The number of ether oxygens (including phenoxy) is 1. The zero-order valence-electron chi connectivity index (χ0n) is 13.9. The standard InChI is InChI=1S/C18H27N3O2/c1-4-9-19-11-14(22)12-23-17-7-5-6-16-15(17)8-10-20-18(16)21-13(2)3/h4-8,10,13-14,18-22H,1,9,11-12H2,2-3H3. The minimum absolute atomic E-state index is 0.0673. The van der Waals surface area contributed by atoms with Crippen LogP contribution in [0, 0.1) is 0 Å². The molecule has 1 aliphatic rings. The number of fused-ring (bicyclic) bond motifs is 1. The second kappa shape index (κ2) is 8.72. The van der Waals surface area contributed by atoms with Gasteiger partial charge in [-0.2, -0.15) is 0 Å². The topological polar surface area (TPSA) is 65.5 Å². The third-order valence-corrected chi connectivity index (χ3v) is 3.52. The van der Waals surface area contributed by atoms with Gasteiger partial charge in [-0.3, -0.25) is 5.32 Å². The van der Waals surface area contributed by atoms with E-state index in [1.165, 1.54) is 0 Å². The van der Waals surface area contributed by atoms with Gasteiger partial charge in [-0.15, -0.1) is 6.58 Å². The summed E-state index contributed by atoms with van der Waals surface area (Å²) in [6.07, 6.45) is 5.21. The highest BCUT2D eigenvalue weighted by Crippen LogP contribution is 2.30. The Kier molecular flexibility index (Phi) is 6.65. The van der Waals surface area contributed by atoms with Crippen molar-refractivity contribution in [2.75, 3.05) is 19.7 Å². The van der Waals surface area contributed by atoms with E-state index in [1.54, 1.807) is 6.08 Å². The first-order valence-electron chi connectivity index (χ1n) is 8.06. The van der Waals surface area contributed by atoms with Crippen LogP contribution in [0.25, 0.3) is 6.08 Å². The minimum atomic E-state index is -0.555. The van der Waals surface area contributed by atoms with Crippen LogP contribution in [-0.4, -0.2) is 36.9 Å². The summed E-state index contributed by atoms with van der Waals surface area (Å²) in [5, 5.41) is 19.8. The Bertz CT molecular complexity index is 543. The van der Waals surface area contributed by atoms with E-state index in [4.69, 9.17) is 4.74 Å². The number of hydrogen-bond donors (Lipinski definition) is 4. The van der Waals surface area contributed by atoms with Crippen LogP contribution in [0.2, 0.25) is 0 Å². The molecule has 0 aliphatic carbocycles. The van der Waals surface area contributed by atoms with Crippen LogP contribution in [0.1, 0.15) is 31.1 Å². The second-order valence-corrected chi connectivity index (χ2v) is 5.93. The fraction of sp³-hybridized carbons (Fsp3) is 0.444. The molecule has 2 rings (SSSR count). The molecule has 0 saturated carbocycles. The molecule has 0 radical (unpaired) electrons. The fourth-order valence-corrected chi connectivity index (χ4v) is 2.50. The molecule has 0 amide bonds. The molecule has 5 nitrogen and oxygen atoms in total. The summed E-state index contributed by atoms with van der Waals surface area (Å²) in [6.45, 7) is 9.28. The van der Waals surface area contributed by atoms with Crippen molar-refractivity contribution in [1.29, 1.82) is 0 Å². The van der Waals surface area contributed by atoms with Gasteiger partial charge in [0, 0.05) is 24.7 Å². The first-order chi connectivity index (χ1) is 11.1. The molecule has 1 heterocycles. The van der Waals surface area contributed by atoms with Gasteiger partial charge in [0.1, 0.15) is 24.6 Å². The molecule has 1 aromatic carbocycles. The predicted octanol–water partition coefficient (Wildman–Crippen LogP) is 1.77. The van der Waals surface area contributed by atoms with E-state index in [-0.39, 0.29) is 12.8 Å². The highest BCUT2D eigenvalue weighted by atomic mass is 16.5. The molecule has 4 N–H and O–H groups in total. The van der Waals surface area contributed by atoms with Crippen LogP contribution in [0.5, 0.6) is 5.75 Å². The SMILES string of the molecule is C=CCNCC(O)COc1cccc2c1C=CNC2NC(C)C. The van der Waals surface area contributed by atoms with Gasteiger partial charge in [0.05, 0.1) is 0 Å². The maximum absolute atomic E-state index is 9.95. The Morgan fingerprint density at radius 1 is 1.43 bits per heavy atom. The second-order valence-electron chi connectivity index (χ2n) is 5.93. The van der Waals surface area contributed by atoms with Crippen molar-refractivity contribution < 1.29 is 9.84 Å². The van der Waals surface area contributed by atoms with Gasteiger partial charge in [0.2, 0.25) is 0 Å². The van der Waals surface area contributed by atoms with E-state index in [9.17, 15) is 5.11 Å². The summed E-state index contributed by atoms with van der Waals surface area (Å²) in [6, 6.07) is 6.37. The largest absolute Gasteiger partial charge is 0.490 e. The van der Waals surface area contributed by atoms with Gasteiger partial charge < -0.3 is 20.5 Å². The molecule has 126 valence electrons. The van der Waals surface area contributed by atoms with Crippen molar-refractivity contribution in [1.82, 2.24) is 16.0 Å². The Balaban J connectivity index is 2.01. The van der Waals surface area contributed by atoms with Gasteiger partial charge in [0.25, 0.3) is 0 Å². The lowest BCUT2D eigenvalue weighted by atomic mass is 10.0. The molecule has 0 bridgehead atoms. The van der Waals surface area contributed by atoms with Crippen LogP contribution in [0.15, 0.2) is 37.1 Å². The lowest BCUT2D eigenvalue weighted by Crippen LogP contribution is -2.37. The van der Waals surface area contributed by atoms with E-state index in [0.717, 1.165) is 16.9 Å². The van der Waals surface area contributed by atoms with Crippen molar-refractivity contribution in [3.63, 3.8) is 0 Å². The molecule has 1 aromatic rings. The van der Waals surface area contributed by atoms with Crippen molar-refractivity contribution in [2.24, 2.45) is 0 Å². The number of benzene rings is 1. The zero-order chi connectivity index (χ0) is 16.7. The predicted molar refractivity (Wildman–Crippen MR) is 94.2 cm³/mol. The Morgan fingerprint density at radius 2 is 2.26 bits per heavy atom. The first kappa shape index (κ1) is 17.5. The van der Waals surface area contributed by atoms with Crippen LogP contribution < -0.4 is 20.7 Å². The van der Waals surface area contributed by atoms with Gasteiger partial charge >= 0.3 is 0 Å². The first-order valence-corrected chi connectivity index (χ1v) is 8.06. The summed E-state index contributed by atoms with van der Waals surface area (Å²) in [5.74, 6) is 0.790. The smallest absolute Gasteiger partial charge is 0.127 e. The van der Waals surface area contributed by atoms with Gasteiger partial charge in [-0.25, -0.2) is 0 Å². The third kappa shape index (κ3) is 5.10. The molecular weight excluding hydrogens is 290 g/mol. The molecule has 23 heavy (non-hydrogen) atoms. The Hall–Kier alpha value is -1.82. The minimum Gasteiger partial charge on any atom is -0.490 e. The molecule has 5 heteroatoms. The number of aliphatic hydroxyl groups excluding tert-OH is 1. The Labute approximate surface area is 138 Å².